The molecule has 5 rings (SSSR count). The lowest BCUT2D eigenvalue weighted by Gasteiger charge is -2.41. The van der Waals surface area contributed by atoms with Gasteiger partial charge in [-0.15, -0.1) is 6.58 Å². The third-order valence-corrected chi connectivity index (χ3v) is 6.74. The van der Waals surface area contributed by atoms with E-state index in [4.69, 9.17) is 9.47 Å². The van der Waals surface area contributed by atoms with Gasteiger partial charge in [-0.05, 0) is 18.6 Å². The number of urea groups is 1. The molecule has 182 valence electrons. The van der Waals surface area contributed by atoms with Crippen molar-refractivity contribution < 1.29 is 31.8 Å². The molecule has 12 heteroatoms. The van der Waals surface area contributed by atoms with E-state index in [2.05, 4.69) is 22.0 Å². The molecule has 1 aromatic carbocycles. The number of likely N-dealkylation sites (tertiary alicyclic amines) is 2. The van der Waals surface area contributed by atoms with Crippen molar-refractivity contribution in [2.24, 2.45) is 0 Å². The maximum absolute atomic E-state index is 14.0. The number of nitrogens with one attached hydrogen (secondary N) is 1. The van der Waals surface area contributed by atoms with Gasteiger partial charge in [0, 0.05) is 18.7 Å². The summed E-state index contributed by atoms with van der Waals surface area (Å²) < 4.78 is 63.7. The quantitative estimate of drug-likeness (QED) is 0.525. The summed E-state index contributed by atoms with van der Waals surface area (Å²) in [6.07, 6.45) is -2.76. The Morgan fingerprint density at radius 1 is 1.29 bits per heavy atom. The normalized spacial score (nSPS) is 24.5. The van der Waals surface area contributed by atoms with Crippen molar-refractivity contribution in [1.29, 1.82) is 0 Å². The van der Waals surface area contributed by atoms with Crippen LogP contribution in [-0.2, 0) is 34.3 Å². The molecule has 1 N–H and O–H groups in total. The Bertz CT molecular complexity index is 1100. The van der Waals surface area contributed by atoms with Gasteiger partial charge in [-0.3, -0.25) is 0 Å². The zero-order valence-corrected chi connectivity index (χ0v) is 18.1. The van der Waals surface area contributed by atoms with Gasteiger partial charge in [-0.1, -0.05) is 12.1 Å². The number of carbonyl (C=O) groups is 1. The smallest absolute Gasteiger partial charge is 0.370 e. The van der Waals surface area contributed by atoms with E-state index < -0.39 is 23.0 Å². The molecule has 0 saturated carbocycles. The molecular weight excluding hydrogens is 458 g/mol. The Balaban J connectivity index is 1.17. The van der Waals surface area contributed by atoms with E-state index in [-0.39, 0.29) is 30.4 Å². The molecule has 0 aliphatic carbocycles. The number of hydrogen-bond acceptors (Lipinski definition) is 5. The summed E-state index contributed by atoms with van der Waals surface area (Å²) in [5.41, 5.74) is 0.0334. The molecule has 3 aliphatic rings. The molecule has 2 saturated heterocycles. The molecule has 34 heavy (non-hydrogen) atoms. The summed E-state index contributed by atoms with van der Waals surface area (Å²) in [4.78, 5) is 16.4. The lowest BCUT2D eigenvalue weighted by molar-refractivity contribution is -0.137. The number of allylic oxidation sites excluding steroid dienone is 1. The van der Waals surface area contributed by atoms with Crippen LogP contribution >= 0.6 is 0 Å². The number of amides is 2. The van der Waals surface area contributed by atoms with E-state index >= 15 is 0 Å². The Labute approximate surface area is 192 Å². The summed E-state index contributed by atoms with van der Waals surface area (Å²) in [7, 11) is 0. The number of aromatic nitrogens is 3. The van der Waals surface area contributed by atoms with Crippen LogP contribution in [0, 0.1) is 5.82 Å². The van der Waals surface area contributed by atoms with Gasteiger partial charge < -0.3 is 19.3 Å². The lowest BCUT2D eigenvalue weighted by Crippen LogP contribution is -2.58. The molecule has 2 aromatic rings. The number of benzene rings is 1. The molecule has 8 nitrogen and oxygen atoms in total. The molecule has 3 aliphatic heterocycles. The van der Waals surface area contributed by atoms with E-state index in [0.717, 1.165) is 23.5 Å². The van der Waals surface area contributed by atoms with Crippen molar-refractivity contribution in [3.8, 4) is 0 Å². The fraction of sp³-hybridized carbons (Fsp3) is 0.500. The summed E-state index contributed by atoms with van der Waals surface area (Å²) in [5.74, 6) is -0.971. The van der Waals surface area contributed by atoms with Crippen LogP contribution in [0.25, 0.3) is 0 Å². The predicted octanol–water partition coefficient (Wildman–Crippen LogP) is 3.01. The Morgan fingerprint density at radius 2 is 2.09 bits per heavy atom. The van der Waals surface area contributed by atoms with Gasteiger partial charge in [-0.25, -0.2) is 9.18 Å². The molecule has 4 heterocycles. The Kier molecular flexibility index (Phi) is 5.59. The fourth-order valence-electron chi connectivity index (χ4n) is 4.90. The minimum Gasteiger partial charge on any atom is -0.370 e. The largest absolute Gasteiger partial charge is 0.416 e. The molecule has 1 aromatic heterocycles. The highest BCUT2D eigenvalue weighted by atomic mass is 19.4. The van der Waals surface area contributed by atoms with Crippen molar-refractivity contribution in [2.75, 3.05) is 26.2 Å². The minimum atomic E-state index is -4.60. The molecule has 2 amide bonds. The Hall–Kier alpha value is -2.99. The average molecular weight is 481 g/mol. The van der Waals surface area contributed by atoms with Crippen LogP contribution in [0.1, 0.15) is 28.9 Å². The van der Waals surface area contributed by atoms with Crippen LogP contribution in [0.5, 0.6) is 0 Å². The first-order valence-electron chi connectivity index (χ1n) is 10.8. The van der Waals surface area contributed by atoms with Crippen LogP contribution < -0.4 is 0 Å². The van der Waals surface area contributed by atoms with Crippen molar-refractivity contribution in [2.45, 2.75) is 43.4 Å². The van der Waals surface area contributed by atoms with Gasteiger partial charge in [-0.2, -0.15) is 28.6 Å². The number of aromatic amines is 1. The average Bonchev–Trinajstić information content (AvgIpc) is 3.37. The molecule has 0 radical (unpaired) electrons. The third kappa shape index (κ3) is 3.84. The molecule has 2 atom stereocenters. The van der Waals surface area contributed by atoms with Crippen molar-refractivity contribution in [3.05, 3.63) is 59.2 Å². The van der Waals surface area contributed by atoms with E-state index in [1.54, 1.807) is 15.9 Å². The lowest BCUT2D eigenvalue weighted by atomic mass is 9.76. The third-order valence-electron chi connectivity index (χ3n) is 6.74. The monoisotopic (exact) mass is 481 g/mol. The second-order valence-electron chi connectivity index (χ2n) is 8.87. The van der Waals surface area contributed by atoms with Crippen LogP contribution in [0.2, 0.25) is 0 Å². The van der Waals surface area contributed by atoms with Crippen LogP contribution in [0.3, 0.4) is 0 Å². The van der Waals surface area contributed by atoms with Crippen molar-refractivity contribution in [1.82, 2.24) is 25.2 Å². The molecular formula is C22H23F4N5O3. The number of alkyl halides is 3. The number of carbonyl (C=O) groups excluding carboxylic acids is 1. The number of hydrogen-bond donors (Lipinski definition) is 1. The molecule has 2 fully saturated rings. The molecule has 0 spiro atoms. The number of ether oxygens (including phenoxy) is 2. The summed E-state index contributed by atoms with van der Waals surface area (Å²) in [6, 6.07) is 2.20. The highest BCUT2D eigenvalue weighted by molar-refractivity contribution is 5.76. The number of rotatable bonds is 5. The van der Waals surface area contributed by atoms with Crippen LogP contribution in [0.4, 0.5) is 22.4 Å². The number of fused-ring (bicyclic) bond motifs is 3. The maximum Gasteiger partial charge on any atom is 0.416 e. The topological polar surface area (TPSA) is 83.6 Å². The van der Waals surface area contributed by atoms with Gasteiger partial charge in [0.2, 0.25) is 0 Å². The van der Waals surface area contributed by atoms with Gasteiger partial charge in [0.05, 0.1) is 55.2 Å². The van der Waals surface area contributed by atoms with Gasteiger partial charge in [0.15, 0.2) is 0 Å². The summed E-state index contributed by atoms with van der Waals surface area (Å²) >= 11 is 0. The fourth-order valence-corrected chi connectivity index (χ4v) is 4.90. The summed E-state index contributed by atoms with van der Waals surface area (Å²) in [5, 5.41) is 11.1. The van der Waals surface area contributed by atoms with E-state index in [0.29, 0.717) is 45.3 Å². The second-order valence-corrected chi connectivity index (χ2v) is 8.87. The molecule has 0 bridgehead atoms. The standard InChI is InChI=1S/C22H23F4N5O3/c1-2-5-21-12-31(9-18(21)34-11-17-19(21)28-29-27-17)20(32)30-7-15(8-30)33-10-13-3-4-14(6-16(13)23)22(24,25)26/h2-4,6,15,18H,1,5,7-12H2,(H,27,28,29)/t18-,21+/m1/s1. The molecule has 0 unspecified atom stereocenters. The van der Waals surface area contributed by atoms with Crippen LogP contribution in [0.15, 0.2) is 30.9 Å². The van der Waals surface area contributed by atoms with Gasteiger partial charge in [0.25, 0.3) is 0 Å². The van der Waals surface area contributed by atoms with E-state index in [1.807, 2.05) is 0 Å². The second kappa shape index (κ2) is 8.35. The first-order valence-corrected chi connectivity index (χ1v) is 10.8. The first-order chi connectivity index (χ1) is 16.2. The number of nitrogens with zero attached hydrogens (tertiary/aromatic N) is 4. The van der Waals surface area contributed by atoms with Gasteiger partial charge in [0.1, 0.15) is 11.5 Å². The zero-order chi connectivity index (χ0) is 24.1. The van der Waals surface area contributed by atoms with E-state index in [9.17, 15) is 22.4 Å². The number of halogens is 4. The zero-order valence-electron chi connectivity index (χ0n) is 18.1. The predicted molar refractivity (Wildman–Crippen MR) is 110 cm³/mol. The van der Waals surface area contributed by atoms with Crippen LogP contribution in [-0.4, -0.2) is 69.6 Å². The van der Waals surface area contributed by atoms with Gasteiger partial charge >= 0.3 is 12.2 Å². The number of H-pyrrole nitrogens is 1. The SMILES string of the molecule is C=CC[C@]12CN(C(=O)N3CC(OCc4ccc(C(F)(F)F)cc4F)C3)C[C@H]1OCc1n[nH]nc12. The summed E-state index contributed by atoms with van der Waals surface area (Å²) in [6.45, 7) is 5.47. The first kappa shape index (κ1) is 22.8. The van der Waals surface area contributed by atoms with E-state index in [1.165, 1.54) is 0 Å². The highest BCUT2D eigenvalue weighted by Crippen LogP contribution is 2.44. The maximum atomic E-state index is 14.0. The minimum absolute atomic E-state index is 0.0355. The Morgan fingerprint density at radius 3 is 2.79 bits per heavy atom. The highest BCUT2D eigenvalue weighted by Gasteiger charge is 2.55. The van der Waals surface area contributed by atoms with Crippen molar-refractivity contribution >= 4 is 6.03 Å². The van der Waals surface area contributed by atoms with Crippen molar-refractivity contribution in [3.63, 3.8) is 0 Å².